The fourth-order valence-electron chi connectivity index (χ4n) is 9.68. The van der Waals surface area contributed by atoms with E-state index in [1.165, 1.54) is 10.0 Å². The number of aryl methyl sites for hydroxylation is 1. The van der Waals surface area contributed by atoms with Gasteiger partial charge in [0.2, 0.25) is 20.2 Å². The molecule has 1 N–H and O–H groups in total. The molecule has 1 fully saturated rings. The lowest BCUT2D eigenvalue weighted by Gasteiger charge is -2.31. The molecule has 5 aromatic rings. The molecule has 62 heavy (non-hydrogen) atoms. The molecule has 4 atom stereocenters. The van der Waals surface area contributed by atoms with Crippen LogP contribution < -0.4 is 14.9 Å². The van der Waals surface area contributed by atoms with E-state index in [0.29, 0.717) is 67.0 Å². The number of carbonyl (C=O) groups is 3. The largest absolute Gasteiger partial charge is 0.396 e. The Bertz CT molecular complexity index is 2580. The predicted octanol–water partition coefficient (Wildman–Crippen LogP) is 7.29. The van der Waals surface area contributed by atoms with Crippen LogP contribution in [0.5, 0.6) is 0 Å². The van der Waals surface area contributed by atoms with Gasteiger partial charge in [0.25, 0.3) is 5.91 Å². The van der Waals surface area contributed by atoms with Crippen LogP contribution >= 0.6 is 0 Å². The SMILES string of the molecule is C[C@H]1[C@H]([Si](C)(C)F)[C@@H](CCn2cc(CCO)nn2)O[C@]12C(=O)N(Cc1cccc(N3N=C(c4ccccc4)CCC3=O)c1)c1ccc(N3N=C(c4ccccc4)CCC3=O)cc12. The summed E-state index contributed by atoms with van der Waals surface area (Å²) in [6, 6.07) is 32.5. The summed E-state index contributed by atoms with van der Waals surface area (Å²) >= 11 is 0. The van der Waals surface area contributed by atoms with Gasteiger partial charge in [-0.25, -0.2) is 10.0 Å². The highest BCUT2D eigenvalue weighted by molar-refractivity contribution is 6.72. The van der Waals surface area contributed by atoms with Crippen LogP contribution in [0.15, 0.2) is 120 Å². The van der Waals surface area contributed by atoms with Crippen LogP contribution in [0, 0.1) is 5.92 Å². The zero-order valence-electron chi connectivity index (χ0n) is 35.0. The van der Waals surface area contributed by atoms with Crippen molar-refractivity contribution in [1.29, 1.82) is 0 Å². The first-order chi connectivity index (χ1) is 29.9. The molecule has 0 saturated carbocycles. The number of hydrogen-bond donors (Lipinski definition) is 1. The van der Waals surface area contributed by atoms with Gasteiger partial charge < -0.3 is 18.9 Å². The Hall–Kier alpha value is -6.16. The van der Waals surface area contributed by atoms with Gasteiger partial charge >= 0.3 is 0 Å². The number of hydrogen-bond acceptors (Lipinski definition) is 9. The highest BCUT2D eigenvalue weighted by Crippen LogP contribution is 2.61. The lowest BCUT2D eigenvalue weighted by atomic mass is 9.82. The van der Waals surface area contributed by atoms with Crippen molar-refractivity contribution in [3.63, 3.8) is 0 Å². The molecular formula is C47H49FN8O5Si. The van der Waals surface area contributed by atoms with Crippen molar-refractivity contribution in [3.05, 3.63) is 137 Å². The zero-order valence-corrected chi connectivity index (χ0v) is 36.0. The molecule has 4 aliphatic heterocycles. The van der Waals surface area contributed by atoms with Gasteiger partial charge in [-0.2, -0.15) is 10.2 Å². The molecule has 0 radical (unpaired) electrons. The number of rotatable bonds is 12. The molecule has 0 unspecified atom stereocenters. The average Bonchev–Trinajstić information content (AvgIpc) is 3.93. The number of halogens is 1. The number of aromatic nitrogens is 3. The van der Waals surface area contributed by atoms with Gasteiger partial charge in [-0.15, -0.1) is 5.10 Å². The fraction of sp³-hybridized carbons (Fsp3) is 0.340. The van der Waals surface area contributed by atoms with E-state index in [2.05, 4.69) is 10.3 Å². The van der Waals surface area contributed by atoms with Crippen molar-refractivity contribution >= 4 is 54.6 Å². The van der Waals surface area contributed by atoms with E-state index in [1.54, 1.807) is 34.9 Å². The Morgan fingerprint density at radius 2 is 1.44 bits per heavy atom. The van der Waals surface area contributed by atoms with Gasteiger partial charge in [-0.3, -0.25) is 19.1 Å². The van der Waals surface area contributed by atoms with E-state index >= 15 is 8.90 Å². The summed E-state index contributed by atoms with van der Waals surface area (Å²) in [5.41, 5.74) is 4.92. The summed E-state index contributed by atoms with van der Waals surface area (Å²) in [7, 11) is -3.51. The summed E-state index contributed by atoms with van der Waals surface area (Å²) in [6.45, 7) is 5.68. The Labute approximate surface area is 360 Å². The Kier molecular flexibility index (Phi) is 11.0. The fourth-order valence-corrected chi connectivity index (χ4v) is 12.2. The van der Waals surface area contributed by atoms with E-state index in [0.717, 1.165) is 28.1 Å². The number of carbonyl (C=O) groups excluding carboxylic acids is 3. The molecule has 1 spiro atoms. The summed E-state index contributed by atoms with van der Waals surface area (Å²) < 4.78 is 25.5. The van der Waals surface area contributed by atoms with Crippen molar-refractivity contribution in [2.45, 2.75) is 88.9 Å². The van der Waals surface area contributed by atoms with Crippen LogP contribution in [0.4, 0.5) is 21.2 Å². The smallest absolute Gasteiger partial charge is 0.264 e. The lowest BCUT2D eigenvalue weighted by Crippen LogP contribution is -2.45. The van der Waals surface area contributed by atoms with Crippen LogP contribution in [-0.4, -0.2) is 70.4 Å². The van der Waals surface area contributed by atoms with Crippen LogP contribution in [0.3, 0.4) is 0 Å². The molecule has 5 heterocycles. The minimum atomic E-state index is -3.51. The van der Waals surface area contributed by atoms with Gasteiger partial charge in [0.15, 0.2) is 5.60 Å². The summed E-state index contributed by atoms with van der Waals surface area (Å²) in [5.74, 6) is -1.21. The maximum Gasteiger partial charge on any atom is 0.264 e. The zero-order chi connectivity index (χ0) is 43.2. The van der Waals surface area contributed by atoms with Gasteiger partial charge in [-0.05, 0) is 66.5 Å². The number of hydrazone groups is 2. The van der Waals surface area contributed by atoms with Crippen LogP contribution in [0.1, 0.15) is 67.0 Å². The molecule has 4 aliphatic rings. The second-order valence-electron chi connectivity index (χ2n) is 17.0. The highest BCUT2D eigenvalue weighted by Gasteiger charge is 2.66. The maximum absolute atomic E-state index is 16.8. The van der Waals surface area contributed by atoms with E-state index in [-0.39, 0.29) is 37.3 Å². The third-order valence-electron chi connectivity index (χ3n) is 12.6. The van der Waals surface area contributed by atoms with Crippen molar-refractivity contribution in [1.82, 2.24) is 15.0 Å². The van der Waals surface area contributed by atoms with E-state index in [9.17, 15) is 14.7 Å². The Morgan fingerprint density at radius 1 is 0.806 bits per heavy atom. The number of ether oxygens (including phenoxy) is 1. The predicted molar refractivity (Wildman–Crippen MR) is 237 cm³/mol. The number of amides is 3. The molecule has 0 aliphatic carbocycles. The van der Waals surface area contributed by atoms with Crippen LogP contribution in [0.2, 0.25) is 18.6 Å². The number of anilines is 3. The molecule has 0 bridgehead atoms. The molecule has 4 aromatic carbocycles. The summed E-state index contributed by atoms with van der Waals surface area (Å²) in [4.78, 5) is 44.0. The summed E-state index contributed by atoms with van der Waals surface area (Å²) in [5, 5.41) is 30.3. The van der Waals surface area contributed by atoms with Gasteiger partial charge in [-0.1, -0.05) is 84.9 Å². The molecule has 1 aromatic heterocycles. The first kappa shape index (κ1) is 41.2. The van der Waals surface area contributed by atoms with Crippen LogP contribution in [0.25, 0.3) is 0 Å². The third-order valence-corrected chi connectivity index (χ3v) is 15.0. The minimum absolute atomic E-state index is 0.0557. The van der Waals surface area contributed by atoms with Crippen LogP contribution in [-0.2, 0) is 44.2 Å². The second-order valence-corrected chi connectivity index (χ2v) is 20.8. The molecule has 15 heteroatoms. The van der Waals surface area contributed by atoms with Gasteiger partial charge in [0.05, 0.1) is 46.8 Å². The number of nitrogens with zero attached hydrogens (tertiary/aromatic N) is 8. The minimum Gasteiger partial charge on any atom is -0.396 e. The summed E-state index contributed by atoms with van der Waals surface area (Å²) in [6.07, 6.45) is 3.45. The van der Waals surface area contributed by atoms with Crippen molar-refractivity contribution in [3.8, 4) is 0 Å². The highest BCUT2D eigenvalue weighted by atomic mass is 28.4. The number of fused-ring (bicyclic) bond motifs is 2. The Balaban J connectivity index is 1.10. The molecule has 3 amide bonds. The first-order valence-corrected chi connectivity index (χ1v) is 24.2. The monoisotopic (exact) mass is 852 g/mol. The van der Waals surface area contributed by atoms with Gasteiger partial charge in [0.1, 0.15) is 0 Å². The van der Waals surface area contributed by atoms with Gasteiger partial charge in [0, 0.05) is 68.5 Å². The van der Waals surface area contributed by atoms with Crippen molar-refractivity contribution in [2.75, 3.05) is 21.5 Å². The first-order valence-electron chi connectivity index (χ1n) is 21.3. The lowest BCUT2D eigenvalue weighted by molar-refractivity contribution is -0.146. The third kappa shape index (κ3) is 7.58. The normalized spacial score (nSPS) is 22.7. The van der Waals surface area contributed by atoms with Crippen molar-refractivity contribution in [2.24, 2.45) is 16.1 Å². The molecular weight excluding hydrogens is 804 g/mol. The Morgan fingerprint density at radius 3 is 2.05 bits per heavy atom. The number of benzene rings is 4. The molecule has 9 rings (SSSR count). The topological polar surface area (TPSA) is 146 Å². The van der Waals surface area contributed by atoms with E-state index < -0.39 is 31.6 Å². The van der Waals surface area contributed by atoms with Crippen molar-refractivity contribution < 1.29 is 28.3 Å². The standard InChI is InChI=1S/C47H49FN8O5Si/c1-31-45(62(2,3)48)42(23-25-53-30-35(24-26-57)49-52-53)61-47(31)38-28-37(56-44(59)22-19-40(51-56)34-14-8-5-9-15-34)17-20-41(38)54(46(47)60)29-32-11-10-16-36(27-32)55-43(58)21-18-39(50-55)33-12-6-4-7-13-33/h4-17,20,27-28,30-31,42,45,57H,18-19,21-26,29H2,1-3H3/t31-,42+,45-,47+/m0/s1. The quantitative estimate of drug-likeness (QED) is 0.103. The van der Waals surface area contributed by atoms with E-state index in [4.69, 9.17) is 14.9 Å². The second kappa shape index (κ2) is 16.6. The number of aliphatic hydroxyl groups excluding tert-OH is 1. The average molecular weight is 853 g/mol. The molecule has 1 saturated heterocycles. The maximum atomic E-state index is 16.8. The molecule has 13 nitrogen and oxygen atoms in total. The number of aliphatic hydroxyl groups is 1. The molecule has 318 valence electrons. The van der Waals surface area contributed by atoms with E-state index in [1.807, 2.05) is 104 Å².